The van der Waals surface area contributed by atoms with E-state index in [0.717, 1.165) is 22.5 Å². The third-order valence-corrected chi connectivity index (χ3v) is 3.62. The van der Waals surface area contributed by atoms with Crippen molar-refractivity contribution in [2.75, 3.05) is 6.61 Å². The van der Waals surface area contributed by atoms with E-state index in [1.165, 1.54) is 0 Å². The van der Waals surface area contributed by atoms with Gasteiger partial charge < -0.3 is 9.84 Å². The first kappa shape index (κ1) is 15.2. The van der Waals surface area contributed by atoms with Crippen molar-refractivity contribution in [3.8, 4) is 5.75 Å². The summed E-state index contributed by atoms with van der Waals surface area (Å²) in [5, 5.41) is 10.5. The van der Waals surface area contributed by atoms with Crippen LogP contribution in [0.2, 0.25) is 0 Å². The standard InChI is InChI=1S/C15H15NO4S/c1-9-3-10(2)5-12(4-9)20-7-13(17)15-16-11(8-21-15)6-14(18)19/h3-5,8H,6-7H2,1-2H3,(H,18,19). The normalized spacial score (nSPS) is 10.4. The minimum atomic E-state index is -0.967. The van der Waals surface area contributed by atoms with Gasteiger partial charge in [-0.05, 0) is 37.1 Å². The maximum absolute atomic E-state index is 12.0. The molecule has 1 heterocycles. The number of Topliss-reactive ketones (excluding diaryl/α,β-unsaturated/α-hetero) is 1. The predicted molar refractivity (Wildman–Crippen MR) is 79.2 cm³/mol. The molecule has 5 nitrogen and oxygen atoms in total. The van der Waals surface area contributed by atoms with E-state index in [-0.39, 0.29) is 23.8 Å². The van der Waals surface area contributed by atoms with Crippen LogP contribution < -0.4 is 4.74 Å². The minimum absolute atomic E-state index is 0.108. The van der Waals surface area contributed by atoms with E-state index in [4.69, 9.17) is 9.84 Å². The molecule has 0 aliphatic rings. The van der Waals surface area contributed by atoms with Crippen molar-refractivity contribution in [3.05, 3.63) is 45.4 Å². The lowest BCUT2D eigenvalue weighted by Crippen LogP contribution is -2.12. The quantitative estimate of drug-likeness (QED) is 0.830. The molecule has 2 rings (SSSR count). The summed E-state index contributed by atoms with van der Waals surface area (Å²) in [6.07, 6.45) is -0.179. The van der Waals surface area contributed by atoms with E-state index in [1.54, 1.807) is 5.38 Å². The lowest BCUT2D eigenvalue weighted by Gasteiger charge is -2.06. The van der Waals surface area contributed by atoms with Crippen LogP contribution >= 0.6 is 11.3 Å². The lowest BCUT2D eigenvalue weighted by molar-refractivity contribution is -0.136. The molecule has 0 bridgehead atoms. The smallest absolute Gasteiger partial charge is 0.309 e. The first-order valence-electron chi connectivity index (χ1n) is 6.34. The summed E-state index contributed by atoms with van der Waals surface area (Å²) in [5.74, 6) is -0.579. The second-order valence-corrected chi connectivity index (χ2v) is 5.61. The number of hydrogen-bond acceptors (Lipinski definition) is 5. The molecule has 0 spiro atoms. The Hall–Kier alpha value is -2.21. The van der Waals surface area contributed by atoms with Crippen LogP contribution in [0.1, 0.15) is 26.6 Å². The molecule has 0 fully saturated rings. The molecule has 0 atom stereocenters. The van der Waals surface area contributed by atoms with Crippen LogP contribution in [0.4, 0.5) is 0 Å². The number of carbonyl (C=O) groups excluding carboxylic acids is 1. The van der Waals surface area contributed by atoms with E-state index in [1.807, 2.05) is 32.0 Å². The van der Waals surface area contributed by atoms with Crippen LogP contribution in [0.5, 0.6) is 5.75 Å². The molecule has 0 unspecified atom stereocenters. The molecule has 2 aromatic rings. The summed E-state index contributed by atoms with van der Waals surface area (Å²) in [7, 11) is 0. The zero-order valence-electron chi connectivity index (χ0n) is 11.8. The number of hydrogen-bond donors (Lipinski definition) is 1. The first-order chi connectivity index (χ1) is 9.94. The molecule has 1 aromatic carbocycles. The Labute approximate surface area is 126 Å². The van der Waals surface area contributed by atoms with E-state index in [9.17, 15) is 9.59 Å². The summed E-state index contributed by atoms with van der Waals surface area (Å²) in [6, 6.07) is 5.74. The molecule has 0 saturated carbocycles. The maximum atomic E-state index is 12.0. The van der Waals surface area contributed by atoms with Crippen LogP contribution in [-0.2, 0) is 11.2 Å². The van der Waals surface area contributed by atoms with Gasteiger partial charge in [0.05, 0.1) is 12.1 Å². The van der Waals surface area contributed by atoms with Crippen LogP contribution in [0.15, 0.2) is 23.6 Å². The van der Waals surface area contributed by atoms with Crippen molar-refractivity contribution in [3.63, 3.8) is 0 Å². The molecule has 1 aromatic heterocycles. The van der Waals surface area contributed by atoms with Crippen molar-refractivity contribution in [1.82, 2.24) is 4.98 Å². The zero-order valence-corrected chi connectivity index (χ0v) is 12.6. The third kappa shape index (κ3) is 4.39. The largest absolute Gasteiger partial charge is 0.485 e. The molecular formula is C15H15NO4S. The average Bonchev–Trinajstić information content (AvgIpc) is 2.82. The van der Waals surface area contributed by atoms with Gasteiger partial charge in [0.25, 0.3) is 0 Å². The first-order valence-corrected chi connectivity index (χ1v) is 7.22. The molecule has 0 aliphatic carbocycles. The van der Waals surface area contributed by atoms with Crippen molar-refractivity contribution in [2.24, 2.45) is 0 Å². The monoisotopic (exact) mass is 305 g/mol. The van der Waals surface area contributed by atoms with Crippen LogP contribution in [0.3, 0.4) is 0 Å². The van der Waals surface area contributed by atoms with Gasteiger partial charge in [0, 0.05) is 5.38 Å². The molecular weight excluding hydrogens is 290 g/mol. The van der Waals surface area contributed by atoms with E-state index in [0.29, 0.717) is 11.4 Å². The lowest BCUT2D eigenvalue weighted by atomic mass is 10.1. The van der Waals surface area contributed by atoms with Gasteiger partial charge in [0.2, 0.25) is 5.78 Å². The number of aromatic nitrogens is 1. The van der Waals surface area contributed by atoms with Crippen LogP contribution in [0.25, 0.3) is 0 Å². The van der Waals surface area contributed by atoms with Gasteiger partial charge in [-0.25, -0.2) is 4.98 Å². The van der Waals surface area contributed by atoms with Gasteiger partial charge in [-0.15, -0.1) is 11.3 Å². The van der Waals surface area contributed by atoms with Gasteiger partial charge in [-0.1, -0.05) is 6.07 Å². The Morgan fingerprint density at radius 1 is 1.24 bits per heavy atom. The van der Waals surface area contributed by atoms with Crippen molar-refractivity contribution in [2.45, 2.75) is 20.3 Å². The number of aryl methyl sites for hydroxylation is 2. The number of ether oxygens (including phenoxy) is 1. The Morgan fingerprint density at radius 3 is 2.52 bits per heavy atom. The van der Waals surface area contributed by atoms with Gasteiger partial charge in [-0.2, -0.15) is 0 Å². The van der Waals surface area contributed by atoms with Crippen LogP contribution in [0, 0.1) is 13.8 Å². The SMILES string of the molecule is Cc1cc(C)cc(OCC(=O)c2nc(CC(=O)O)cs2)c1. The summed E-state index contributed by atoms with van der Waals surface area (Å²) >= 11 is 1.14. The number of ketones is 1. The maximum Gasteiger partial charge on any atom is 0.309 e. The van der Waals surface area contributed by atoms with Gasteiger partial charge in [0.15, 0.2) is 11.6 Å². The number of carboxylic acid groups (broad SMARTS) is 1. The zero-order chi connectivity index (χ0) is 15.4. The second kappa shape index (κ2) is 6.49. The number of benzene rings is 1. The Balaban J connectivity index is 1.98. The van der Waals surface area contributed by atoms with E-state index < -0.39 is 5.97 Å². The molecule has 6 heteroatoms. The molecule has 110 valence electrons. The Morgan fingerprint density at radius 2 is 1.90 bits per heavy atom. The number of aliphatic carboxylic acids is 1. The average molecular weight is 305 g/mol. The van der Waals surface area contributed by atoms with Gasteiger partial charge >= 0.3 is 5.97 Å². The number of rotatable bonds is 6. The molecule has 21 heavy (non-hydrogen) atoms. The van der Waals surface area contributed by atoms with Crippen molar-refractivity contribution < 1.29 is 19.4 Å². The summed E-state index contributed by atoms with van der Waals surface area (Å²) < 4.78 is 5.48. The fourth-order valence-electron chi connectivity index (χ4n) is 1.90. The summed E-state index contributed by atoms with van der Waals surface area (Å²) in [6.45, 7) is 3.81. The highest BCUT2D eigenvalue weighted by molar-refractivity contribution is 7.11. The molecule has 1 N–H and O–H groups in total. The minimum Gasteiger partial charge on any atom is -0.485 e. The highest BCUT2D eigenvalue weighted by Gasteiger charge is 2.13. The van der Waals surface area contributed by atoms with Gasteiger partial charge in [0.1, 0.15) is 5.75 Å². The van der Waals surface area contributed by atoms with Crippen molar-refractivity contribution in [1.29, 1.82) is 0 Å². The van der Waals surface area contributed by atoms with Crippen LogP contribution in [-0.4, -0.2) is 28.4 Å². The Bertz CT molecular complexity index is 658. The number of nitrogens with zero attached hydrogens (tertiary/aromatic N) is 1. The second-order valence-electron chi connectivity index (χ2n) is 4.75. The van der Waals surface area contributed by atoms with E-state index >= 15 is 0 Å². The summed E-state index contributed by atoms with van der Waals surface area (Å²) in [5.41, 5.74) is 2.52. The fraction of sp³-hybridized carbons (Fsp3) is 0.267. The third-order valence-electron chi connectivity index (χ3n) is 2.69. The molecule has 0 amide bonds. The number of carbonyl (C=O) groups is 2. The summed E-state index contributed by atoms with van der Waals surface area (Å²) in [4.78, 5) is 26.5. The van der Waals surface area contributed by atoms with Crippen molar-refractivity contribution >= 4 is 23.1 Å². The highest BCUT2D eigenvalue weighted by Crippen LogP contribution is 2.17. The van der Waals surface area contributed by atoms with E-state index in [2.05, 4.69) is 4.98 Å². The molecule has 0 saturated heterocycles. The topological polar surface area (TPSA) is 76.5 Å². The fourth-order valence-corrected chi connectivity index (χ4v) is 2.64. The number of thiazole rings is 1. The Kier molecular flexibility index (Phi) is 4.70. The van der Waals surface area contributed by atoms with Gasteiger partial charge in [-0.3, -0.25) is 9.59 Å². The highest BCUT2D eigenvalue weighted by atomic mass is 32.1. The number of carboxylic acids is 1. The predicted octanol–water partition coefficient (Wildman–Crippen LogP) is 2.65. The molecule has 0 aliphatic heterocycles. The molecule has 0 radical (unpaired) electrons.